The lowest BCUT2D eigenvalue weighted by Crippen LogP contribution is -2.50. The van der Waals surface area contributed by atoms with Gasteiger partial charge in [0.15, 0.2) is 6.61 Å². The Morgan fingerprint density at radius 2 is 1.77 bits per heavy atom. The zero-order chi connectivity index (χ0) is 21.5. The van der Waals surface area contributed by atoms with E-state index in [1.807, 2.05) is 24.3 Å². The predicted octanol–water partition coefficient (Wildman–Crippen LogP) is 4.96. The van der Waals surface area contributed by atoms with Crippen molar-refractivity contribution < 1.29 is 14.3 Å². The number of nitrogens with zero attached hydrogens (tertiary/aromatic N) is 1. The Hall–Kier alpha value is -2.05. The second-order valence-electron chi connectivity index (χ2n) is 7.56. The van der Waals surface area contributed by atoms with Gasteiger partial charge in [0.2, 0.25) is 5.91 Å². The third kappa shape index (κ3) is 6.47. The van der Waals surface area contributed by atoms with E-state index in [0.29, 0.717) is 17.3 Å². The zero-order valence-corrected chi connectivity index (χ0v) is 19.3. The molecule has 7 heteroatoms. The predicted molar refractivity (Wildman–Crippen MR) is 121 cm³/mol. The Bertz CT molecular complexity index is 852. The van der Waals surface area contributed by atoms with Crippen LogP contribution in [0.2, 0.25) is 5.02 Å². The topological polar surface area (TPSA) is 58.6 Å². The molecule has 0 aliphatic heterocycles. The molecule has 5 nitrogen and oxygen atoms in total. The first-order valence-corrected chi connectivity index (χ1v) is 11.3. The number of nitrogens with one attached hydrogen (secondary N) is 1. The summed E-state index contributed by atoms with van der Waals surface area (Å²) in [4.78, 5) is 27.4. The summed E-state index contributed by atoms with van der Waals surface area (Å²) in [6.45, 7) is 1.92. The minimum Gasteiger partial charge on any atom is -0.484 e. The molecule has 1 aliphatic rings. The third-order valence-electron chi connectivity index (χ3n) is 5.31. The Morgan fingerprint density at radius 1 is 1.13 bits per heavy atom. The molecule has 0 bridgehead atoms. The molecule has 1 atom stereocenters. The molecule has 1 aliphatic carbocycles. The first-order chi connectivity index (χ1) is 14.4. The van der Waals surface area contributed by atoms with E-state index in [9.17, 15) is 9.59 Å². The molecule has 0 radical (unpaired) electrons. The van der Waals surface area contributed by atoms with E-state index in [1.165, 1.54) is 0 Å². The van der Waals surface area contributed by atoms with Gasteiger partial charge in [0.05, 0.1) is 0 Å². The van der Waals surface area contributed by atoms with Gasteiger partial charge in [-0.15, -0.1) is 0 Å². The molecular weight excluding hydrogens is 468 g/mol. The lowest BCUT2D eigenvalue weighted by atomic mass is 10.1. The van der Waals surface area contributed by atoms with Gasteiger partial charge in [-0.25, -0.2) is 0 Å². The van der Waals surface area contributed by atoms with Crippen molar-refractivity contribution in [1.82, 2.24) is 10.2 Å². The van der Waals surface area contributed by atoms with Crippen molar-refractivity contribution in [2.45, 2.75) is 51.2 Å². The van der Waals surface area contributed by atoms with Gasteiger partial charge in [-0.3, -0.25) is 9.59 Å². The Kier molecular flexibility index (Phi) is 8.16. The molecule has 1 N–H and O–H groups in total. The maximum absolute atomic E-state index is 13.0. The quantitative estimate of drug-likeness (QED) is 0.566. The van der Waals surface area contributed by atoms with E-state index in [0.717, 1.165) is 35.7 Å². The third-order valence-corrected chi connectivity index (χ3v) is 6.09. The number of hydrogen-bond acceptors (Lipinski definition) is 3. The Morgan fingerprint density at radius 3 is 2.40 bits per heavy atom. The average molecular weight is 494 g/mol. The van der Waals surface area contributed by atoms with Crippen molar-refractivity contribution in [3.63, 3.8) is 0 Å². The van der Waals surface area contributed by atoms with Gasteiger partial charge in [0.25, 0.3) is 5.91 Å². The van der Waals surface area contributed by atoms with Crippen LogP contribution in [0.15, 0.2) is 53.0 Å². The minimum atomic E-state index is -0.609. The standard InChI is InChI=1S/C23H26BrClN2O3/c1-16(23(29)26-20-4-2-3-5-20)27(14-17-6-10-19(25)11-7-17)22(28)15-30-21-12-8-18(24)9-13-21/h6-13,16,20H,2-5,14-15H2,1H3,(H,26,29)/t16-/m1/s1. The van der Waals surface area contributed by atoms with E-state index in [4.69, 9.17) is 16.3 Å². The lowest BCUT2D eigenvalue weighted by Gasteiger charge is -2.29. The Balaban J connectivity index is 1.69. The molecule has 0 saturated heterocycles. The molecule has 2 aromatic carbocycles. The number of rotatable bonds is 8. The lowest BCUT2D eigenvalue weighted by molar-refractivity contribution is -0.142. The van der Waals surface area contributed by atoms with E-state index in [2.05, 4.69) is 21.2 Å². The number of halogens is 2. The molecule has 0 heterocycles. The van der Waals surface area contributed by atoms with Crippen LogP contribution in [-0.2, 0) is 16.1 Å². The highest BCUT2D eigenvalue weighted by molar-refractivity contribution is 9.10. The summed E-state index contributed by atoms with van der Waals surface area (Å²) in [5, 5.41) is 3.72. The molecule has 160 valence electrons. The van der Waals surface area contributed by atoms with Gasteiger partial charge in [-0.05, 0) is 61.7 Å². The number of carbonyl (C=O) groups excluding carboxylic acids is 2. The number of amides is 2. The van der Waals surface area contributed by atoms with Gasteiger partial charge < -0.3 is 15.0 Å². The highest BCUT2D eigenvalue weighted by Crippen LogP contribution is 2.20. The first kappa shape index (κ1) is 22.6. The van der Waals surface area contributed by atoms with E-state index < -0.39 is 6.04 Å². The minimum absolute atomic E-state index is 0.132. The van der Waals surface area contributed by atoms with Crippen molar-refractivity contribution >= 4 is 39.3 Å². The van der Waals surface area contributed by atoms with E-state index in [1.54, 1.807) is 36.1 Å². The van der Waals surface area contributed by atoms with Gasteiger partial charge in [0, 0.05) is 22.1 Å². The van der Waals surface area contributed by atoms with Crippen molar-refractivity contribution in [2.24, 2.45) is 0 Å². The van der Waals surface area contributed by atoms with Crippen LogP contribution in [-0.4, -0.2) is 35.4 Å². The largest absolute Gasteiger partial charge is 0.484 e. The average Bonchev–Trinajstić information content (AvgIpc) is 3.25. The van der Waals surface area contributed by atoms with Crippen LogP contribution in [0.25, 0.3) is 0 Å². The fourth-order valence-corrected chi connectivity index (χ4v) is 3.91. The van der Waals surface area contributed by atoms with Crippen molar-refractivity contribution in [3.05, 3.63) is 63.6 Å². The molecule has 0 aromatic heterocycles. The van der Waals surface area contributed by atoms with Crippen LogP contribution in [0.4, 0.5) is 0 Å². The van der Waals surface area contributed by atoms with Crippen LogP contribution in [0.3, 0.4) is 0 Å². The monoisotopic (exact) mass is 492 g/mol. The summed E-state index contributed by atoms with van der Waals surface area (Å²) in [6.07, 6.45) is 4.26. The van der Waals surface area contributed by atoms with Crippen LogP contribution in [0.5, 0.6) is 5.75 Å². The van der Waals surface area contributed by atoms with Crippen LogP contribution < -0.4 is 10.1 Å². The Labute approximate surface area is 190 Å². The van der Waals surface area contributed by atoms with Gasteiger partial charge in [0.1, 0.15) is 11.8 Å². The second kappa shape index (κ2) is 10.8. The smallest absolute Gasteiger partial charge is 0.261 e. The van der Waals surface area contributed by atoms with Crippen LogP contribution in [0.1, 0.15) is 38.2 Å². The van der Waals surface area contributed by atoms with Gasteiger partial charge in [-0.1, -0.05) is 52.5 Å². The molecule has 1 saturated carbocycles. The molecule has 1 fully saturated rings. The van der Waals surface area contributed by atoms with Crippen LogP contribution >= 0.6 is 27.5 Å². The highest BCUT2D eigenvalue weighted by atomic mass is 79.9. The molecule has 2 amide bonds. The fraction of sp³-hybridized carbons (Fsp3) is 0.391. The zero-order valence-electron chi connectivity index (χ0n) is 16.9. The molecule has 30 heavy (non-hydrogen) atoms. The van der Waals surface area contributed by atoms with E-state index in [-0.39, 0.29) is 24.5 Å². The van der Waals surface area contributed by atoms with Crippen molar-refractivity contribution in [2.75, 3.05) is 6.61 Å². The fourth-order valence-electron chi connectivity index (χ4n) is 3.52. The van der Waals surface area contributed by atoms with Gasteiger partial charge >= 0.3 is 0 Å². The number of benzene rings is 2. The molecule has 2 aromatic rings. The normalized spacial score (nSPS) is 14.9. The molecule has 0 unspecified atom stereocenters. The summed E-state index contributed by atoms with van der Waals surface area (Å²) >= 11 is 9.36. The molecule has 3 rings (SSSR count). The van der Waals surface area contributed by atoms with Crippen molar-refractivity contribution in [3.8, 4) is 5.75 Å². The first-order valence-electron chi connectivity index (χ1n) is 10.1. The van der Waals surface area contributed by atoms with E-state index >= 15 is 0 Å². The maximum Gasteiger partial charge on any atom is 0.261 e. The van der Waals surface area contributed by atoms with Gasteiger partial charge in [-0.2, -0.15) is 0 Å². The number of carbonyl (C=O) groups is 2. The van der Waals surface area contributed by atoms with Crippen molar-refractivity contribution in [1.29, 1.82) is 0 Å². The number of hydrogen-bond donors (Lipinski definition) is 1. The number of ether oxygens (including phenoxy) is 1. The summed E-state index contributed by atoms with van der Waals surface area (Å²) in [5.41, 5.74) is 0.900. The summed E-state index contributed by atoms with van der Waals surface area (Å²) < 4.78 is 6.59. The summed E-state index contributed by atoms with van der Waals surface area (Å²) in [6, 6.07) is 14.1. The summed E-state index contributed by atoms with van der Waals surface area (Å²) in [5.74, 6) is 0.218. The summed E-state index contributed by atoms with van der Waals surface area (Å²) in [7, 11) is 0. The highest BCUT2D eigenvalue weighted by Gasteiger charge is 2.28. The maximum atomic E-state index is 13.0. The molecular formula is C23H26BrClN2O3. The van der Waals surface area contributed by atoms with Crippen LogP contribution in [0, 0.1) is 0 Å². The second-order valence-corrected chi connectivity index (χ2v) is 8.91. The SMILES string of the molecule is C[C@H](C(=O)NC1CCCC1)N(Cc1ccc(Cl)cc1)C(=O)COc1ccc(Br)cc1. The molecule has 0 spiro atoms.